The predicted molar refractivity (Wildman–Crippen MR) is 86.0 cm³/mol. The Morgan fingerprint density at radius 2 is 1.89 bits per heavy atom. The van der Waals surface area contributed by atoms with Crippen molar-refractivity contribution in [2.24, 2.45) is 5.92 Å². The SMILES string of the molecule is CCC(CC)CN(CC)c1ccc(CBr)c(Cl)c1. The van der Waals surface area contributed by atoms with Crippen LogP contribution in [0.5, 0.6) is 0 Å². The van der Waals surface area contributed by atoms with Crippen LogP contribution in [0.1, 0.15) is 39.2 Å². The highest BCUT2D eigenvalue weighted by Gasteiger charge is 2.11. The van der Waals surface area contributed by atoms with Crippen molar-refractivity contribution in [3.63, 3.8) is 0 Å². The molecule has 0 bridgehead atoms. The van der Waals surface area contributed by atoms with Crippen LogP contribution in [0.25, 0.3) is 0 Å². The Bertz CT molecular complexity index is 364. The molecule has 3 heteroatoms. The van der Waals surface area contributed by atoms with Gasteiger partial charge in [0.2, 0.25) is 0 Å². The zero-order valence-corrected chi connectivity index (χ0v) is 13.9. The van der Waals surface area contributed by atoms with Crippen molar-refractivity contribution in [3.05, 3.63) is 28.8 Å². The second-order valence-corrected chi connectivity index (χ2v) is 5.60. The van der Waals surface area contributed by atoms with Crippen LogP contribution in [-0.2, 0) is 5.33 Å². The van der Waals surface area contributed by atoms with E-state index in [1.165, 1.54) is 18.5 Å². The average Bonchev–Trinajstić information content (AvgIpc) is 2.40. The lowest BCUT2D eigenvalue weighted by molar-refractivity contribution is 0.486. The van der Waals surface area contributed by atoms with Gasteiger partial charge in [0.15, 0.2) is 0 Å². The Balaban J connectivity index is 2.84. The highest BCUT2D eigenvalue weighted by Crippen LogP contribution is 2.26. The largest absolute Gasteiger partial charge is 0.371 e. The van der Waals surface area contributed by atoms with E-state index in [0.29, 0.717) is 0 Å². The molecule has 0 radical (unpaired) electrons. The van der Waals surface area contributed by atoms with Crippen molar-refractivity contribution < 1.29 is 0 Å². The summed E-state index contributed by atoms with van der Waals surface area (Å²) in [6, 6.07) is 6.38. The molecule has 0 spiro atoms. The lowest BCUT2D eigenvalue weighted by Crippen LogP contribution is -2.28. The zero-order valence-electron chi connectivity index (χ0n) is 11.5. The summed E-state index contributed by atoms with van der Waals surface area (Å²) in [5.74, 6) is 0.763. The third-order valence-electron chi connectivity index (χ3n) is 3.56. The van der Waals surface area contributed by atoms with E-state index < -0.39 is 0 Å². The van der Waals surface area contributed by atoms with Gasteiger partial charge in [-0.3, -0.25) is 0 Å². The average molecular weight is 333 g/mol. The molecule has 0 aliphatic carbocycles. The maximum Gasteiger partial charge on any atom is 0.0467 e. The summed E-state index contributed by atoms with van der Waals surface area (Å²) in [5.41, 5.74) is 2.39. The van der Waals surface area contributed by atoms with Gasteiger partial charge in [-0.15, -0.1) is 0 Å². The quantitative estimate of drug-likeness (QED) is 0.596. The molecule has 0 N–H and O–H groups in total. The van der Waals surface area contributed by atoms with Gasteiger partial charge < -0.3 is 4.90 Å². The van der Waals surface area contributed by atoms with Crippen molar-refractivity contribution >= 4 is 33.2 Å². The fourth-order valence-electron chi connectivity index (χ4n) is 2.12. The topological polar surface area (TPSA) is 3.24 Å². The summed E-state index contributed by atoms with van der Waals surface area (Å²) < 4.78 is 0. The Hall–Kier alpha value is -0.210. The Morgan fingerprint density at radius 1 is 1.22 bits per heavy atom. The van der Waals surface area contributed by atoms with Gasteiger partial charge >= 0.3 is 0 Å². The molecule has 0 fully saturated rings. The minimum absolute atomic E-state index is 0.763. The van der Waals surface area contributed by atoms with E-state index in [-0.39, 0.29) is 0 Å². The van der Waals surface area contributed by atoms with Crippen LogP contribution in [0.15, 0.2) is 18.2 Å². The van der Waals surface area contributed by atoms with Crippen molar-refractivity contribution in [1.29, 1.82) is 0 Å². The van der Waals surface area contributed by atoms with E-state index in [2.05, 4.69) is 59.8 Å². The second kappa shape index (κ2) is 8.06. The first-order valence-corrected chi connectivity index (χ1v) is 8.25. The number of hydrogen-bond donors (Lipinski definition) is 0. The molecule has 18 heavy (non-hydrogen) atoms. The molecular formula is C15H23BrClN. The normalized spacial score (nSPS) is 11.0. The summed E-state index contributed by atoms with van der Waals surface area (Å²) >= 11 is 9.73. The maximum atomic E-state index is 6.28. The van der Waals surface area contributed by atoms with E-state index >= 15 is 0 Å². The van der Waals surface area contributed by atoms with E-state index in [1.807, 2.05) is 0 Å². The predicted octanol–water partition coefficient (Wildman–Crippen LogP) is 5.50. The first-order valence-electron chi connectivity index (χ1n) is 6.75. The molecule has 0 heterocycles. The Labute approximate surface area is 125 Å². The molecule has 0 saturated carbocycles. The molecule has 0 amide bonds. The van der Waals surface area contributed by atoms with E-state index in [1.54, 1.807) is 0 Å². The zero-order chi connectivity index (χ0) is 13.5. The molecule has 0 unspecified atom stereocenters. The third kappa shape index (κ3) is 4.17. The van der Waals surface area contributed by atoms with Crippen LogP contribution in [0, 0.1) is 5.92 Å². The van der Waals surface area contributed by atoms with E-state index in [0.717, 1.165) is 34.9 Å². The molecule has 1 aromatic rings. The fraction of sp³-hybridized carbons (Fsp3) is 0.600. The summed E-state index contributed by atoms with van der Waals surface area (Å²) in [6.07, 6.45) is 2.47. The van der Waals surface area contributed by atoms with Crippen molar-refractivity contribution in [2.45, 2.75) is 38.9 Å². The summed E-state index contributed by atoms with van der Waals surface area (Å²) in [4.78, 5) is 2.42. The van der Waals surface area contributed by atoms with Crippen molar-refractivity contribution in [1.82, 2.24) is 0 Å². The van der Waals surface area contributed by atoms with Gasteiger partial charge in [-0.05, 0) is 30.5 Å². The number of halogens is 2. The molecule has 0 aliphatic rings. The van der Waals surface area contributed by atoms with Gasteiger partial charge in [-0.25, -0.2) is 0 Å². The van der Waals surface area contributed by atoms with Crippen LogP contribution in [0.4, 0.5) is 5.69 Å². The molecule has 1 rings (SSSR count). The van der Waals surface area contributed by atoms with Gasteiger partial charge in [0, 0.05) is 29.1 Å². The molecule has 0 atom stereocenters. The van der Waals surface area contributed by atoms with Crippen LogP contribution < -0.4 is 4.90 Å². The standard InChI is InChI=1S/C15H23BrClN/c1-4-12(5-2)11-18(6-3)14-8-7-13(10-16)15(17)9-14/h7-9,12H,4-6,10-11H2,1-3H3. The first kappa shape index (κ1) is 15.8. The van der Waals surface area contributed by atoms with Gasteiger partial charge in [0.1, 0.15) is 0 Å². The third-order valence-corrected chi connectivity index (χ3v) is 4.52. The van der Waals surface area contributed by atoms with Gasteiger partial charge in [0.05, 0.1) is 0 Å². The highest BCUT2D eigenvalue weighted by atomic mass is 79.9. The number of hydrogen-bond acceptors (Lipinski definition) is 1. The van der Waals surface area contributed by atoms with Crippen molar-refractivity contribution in [3.8, 4) is 0 Å². The second-order valence-electron chi connectivity index (χ2n) is 4.63. The molecule has 102 valence electrons. The van der Waals surface area contributed by atoms with Crippen LogP contribution >= 0.6 is 27.5 Å². The molecule has 0 saturated heterocycles. The van der Waals surface area contributed by atoms with E-state index in [4.69, 9.17) is 11.6 Å². The van der Waals surface area contributed by atoms with E-state index in [9.17, 15) is 0 Å². The van der Waals surface area contributed by atoms with Gasteiger partial charge in [-0.2, -0.15) is 0 Å². The summed E-state index contributed by atoms with van der Waals surface area (Å²) in [5, 5.41) is 1.66. The molecule has 0 aromatic heterocycles. The summed E-state index contributed by atoms with van der Waals surface area (Å²) in [6.45, 7) is 8.88. The molecule has 0 aliphatic heterocycles. The van der Waals surface area contributed by atoms with Crippen molar-refractivity contribution in [2.75, 3.05) is 18.0 Å². The molecule has 1 nitrogen and oxygen atoms in total. The van der Waals surface area contributed by atoms with Crippen LogP contribution in [-0.4, -0.2) is 13.1 Å². The lowest BCUT2D eigenvalue weighted by atomic mass is 10.0. The molecular weight excluding hydrogens is 310 g/mol. The summed E-state index contributed by atoms with van der Waals surface area (Å²) in [7, 11) is 0. The fourth-order valence-corrected chi connectivity index (χ4v) is 3.01. The maximum absolute atomic E-state index is 6.28. The van der Waals surface area contributed by atoms with Crippen LogP contribution in [0.3, 0.4) is 0 Å². The number of anilines is 1. The highest BCUT2D eigenvalue weighted by molar-refractivity contribution is 9.08. The Kier molecular flexibility index (Phi) is 7.10. The lowest BCUT2D eigenvalue weighted by Gasteiger charge is -2.27. The number of benzene rings is 1. The van der Waals surface area contributed by atoms with Crippen LogP contribution in [0.2, 0.25) is 5.02 Å². The minimum Gasteiger partial charge on any atom is -0.371 e. The minimum atomic E-state index is 0.763. The first-order chi connectivity index (χ1) is 8.65. The monoisotopic (exact) mass is 331 g/mol. The van der Waals surface area contributed by atoms with Gasteiger partial charge in [0.25, 0.3) is 0 Å². The Morgan fingerprint density at radius 3 is 2.33 bits per heavy atom. The smallest absolute Gasteiger partial charge is 0.0467 e. The van der Waals surface area contributed by atoms with Gasteiger partial charge in [-0.1, -0.05) is 60.3 Å². The number of alkyl halides is 1. The number of nitrogens with zero attached hydrogens (tertiary/aromatic N) is 1. The number of rotatable bonds is 7. The molecule has 1 aromatic carbocycles.